The summed E-state index contributed by atoms with van der Waals surface area (Å²) in [6, 6.07) is 0. The SMILES string of the molecule is COCCOCCOCC(C)C[NH+]=C(N)N. The van der Waals surface area contributed by atoms with Crippen LogP contribution in [0.5, 0.6) is 0 Å². The summed E-state index contributed by atoms with van der Waals surface area (Å²) in [5.74, 6) is 0.607. The molecule has 0 aliphatic rings. The van der Waals surface area contributed by atoms with Gasteiger partial charge >= 0.3 is 5.96 Å². The van der Waals surface area contributed by atoms with Crippen LogP contribution in [0.15, 0.2) is 0 Å². The van der Waals surface area contributed by atoms with E-state index in [1.54, 1.807) is 7.11 Å². The number of guanidine groups is 1. The Morgan fingerprint density at radius 3 is 2.38 bits per heavy atom. The van der Waals surface area contributed by atoms with Crippen LogP contribution in [0.25, 0.3) is 0 Å². The monoisotopic (exact) mass is 234 g/mol. The Kier molecular flexibility index (Phi) is 10.1. The zero-order chi connectivity index (χ0) is 12.2. The molecule has 5 N–H and O–H groups in total. The van der Waals surface area contributed by atoms with Gasteiger partial charge in [-0.2, -0.15) is 0 Å². The fraction of sp³-hybridized carbons (Fsp3) is 0.900. The molecular formula is C10H24N3O3+. The maximum atomic E-state index is 5.41. The van der Waals surface area contributed by atoms with E-state index in [1.165, 1.54) is 0 Å². The summed E-state index contributed by atoms with van der Waals surface area (Å²) in [6.07, 6.45) is 0. The molecule has 0 radical (unpaired) electrons. The number of ether oxygens (including phenoxy) is 3. The summed E-state index contributed by atoms with van der Waals surface area (Å²) in [4.78, 5) is 2.86. The zero-order valence-electron chi connectivity index (χ0n) is 10.2. The third-order valence-corrected chi connectivity index (χ3v) is 1.86. The molecule has 1 atom stereocenters. The molecule has 0 amide bonds. The molecule has 1 unspecified atom stereocenters. The van der Waals surface area contributed by atoms with Crippen molar-refractivity contribution in [3.8, 4) is 0 Å². The summed E-state index contributed by atoms with van der Waals surface area (Å²) in [7, 11) is 1.65. The van der Waals surface area contributed by atoms with Crippen LogP contribution < -0.4 is 16.5 Å². The summed E-state index contributed by atoms with van der Waals surface area (Å²) < 4.78 is 15.5. The Bertz CT molecular complexity index is 184. The van der Waals surface area contributed by atoms with Crippen LogP contribution in [0.1, 0.15) is 6.92 Å². The number of rotatable bonds is 10. The molecule has 0 aromatic rings. The van der Waals surface area contributed by atoms with Crippen molar-refractivity contribution in [2.24, 2.45) is 17.4 Å². The van der Waals surface area contributed by atoms with E-state index < -0.39 is 0 Å². The molecule has 0 aromatic heterocycles. The van der Waals surface area contributed by atoms with Crippen LogP contribution in [0.3, 0.4) is 0 Å². The Hall–Kier alpha value is -0.850. The van der Waals surface area contributed by atoms with Crippen molar-refractivity contribution in [2.45, 2.75) is 6.92 Å². The van der Waals surface area contributed by atoms with Gasteiger partial charge in [-0.15, -0.1) is 0 Å². The summed E-state index contributed by atoms with van der Waals surface area (Å²) in [6.45, 7) is 5.84. The Morgan fingerprint density at radius 1 is 1.12 bits per heavy atom. The van der Waals surface area contributed by atoms with Crippen molar-refractivity contribution in [1.29, 1.82) is 0 Å². The average molecular weight is 234 g/mol. The lowest BCUT2D eigenvalue weighted by Gasteiger charge is -2.09. The highest BCUT2D eigenvalue weighted by Crippen LogP contribution is 1.91. The van der Waals surface area contributed by atoms with Crippen molar-refractivity contribution < 1.29 is 19.2 Å². The molecule has 0 fully saturated rings. The van der Waals surface area contributed by atoms with Crippen LogP contribution in [0.2, 0.25) is 0 Å². The van der Waals surface area contributed by atoms with Gasteiger partial charge < -0.3 is 14.2 Å². The fourth-order valence-electron chi connectivity index (χ4n) is 0.998. The highest BCUT2D eigenvalue weighted by Gasteiger charge is 2.02. The molecule has 0 spiro atoms. The lowest BCUT2D eigenvalue weighted by molar-refractivity contribution is -0.468. The molecule has 6 heteroatoms. The molecule has 0 bridgehead atoms. The second-order valence-corrected chi connectivity index (χ2v) is 3.62. The second kappa shape index (κ2) is 10.7. The average Bonchev–Trinajstić information content (AvgIpc) is 2.25. The first-order valence-corrected chi connectivity index (χ1v) is 5.43. The summed E-state index contributed by atoms with van der Waals surface area (Å²) in [5.41, 5.74) is 10.5. The van der Waals surface area contributed by atoms with Crippen molar-refractivity contribution in [3.05, 3.63) is 0 Å². The van der Waals surface area contributed by atoms with Gasteiger partial charge in [-0.3, -0.25) is 16.5 Å². The summed E-state index contributed by atoms with van der Waals surface area (Å²) in [5, 5.41) is 0. The van der Waals surface area contributed by atoms with Crippen molar-refractivity contribution in [1.82, 2.24) is 0 Å². The van der Waals surface area contributed by atoms with E-state index in [-0.39, 0.29) is 5.96 Å². The minimum atomic E-state index is 0.245. The third-order valence-electron chi connectivity index (χ3n) is 1.86. The van der Waals surface area contributed by atoms with E-state index in [0.717, 1.165) is 0 Å². The van der Waals surface area contributed by atoms with Crippen LogP contribution in [0.4, 0.5) is 0 Å². The normalized spacial score (nSPS) is 12.4. The van der Waals surface area contributed by atoms with Gasteiger partial charge in [0, 0.05) is 13.0 Å². The van der Waals surface area contributed by atoms with Crippen LogP contribution in [-0.4, -0.2) is 52.6 Å². The molecular weight excluding hydrogens is 210 g/mol. The standard InChI is InChI=1S/C10H23N3O3/c1-9(7-13-10(11)12)8-16-6-5-15-4-3-14-2/h9H,3-8H2,1-2H3,(H4,11,12,13)/p+1. The minimum Gasteiger partial charge on any atom is -0.382 e. The quantitative estimate of drug-likeness (QED) is 0.224. The molecule has 0 saturated heterocycles. The second-order valence-electron chi connectivity index (χ2n) is 3.62. The van der Waals surface area contributed by atoms with Crippen molar-refractivity contribution in [2.75, 3.05) is 46.7 Å². The molecule has 0 aromatic carbocycles. The molecule has 0 heterocycles. The summed E-state index contributed by atoms with van der Waals surface area (Å²) >= 11 is 0. The maximum absolute atomic E-state index is 5.41. The van der Waals surface area contributed by atoms with Gasteiger partial charge in [-0.1, -0.05) is 6.92 Å². The first-order chi connectivity index (χ1) is 7.66. The number of hydrogen-bond acceptors (Lipinski definition) is 3. The fourth-order valence-corrected chi connectivity index (χ4v) is 0.998. The largest absolute Gasteiger partial charge is 0.382 e. The van der Waals surface area contributed by atoms with Gasteiger partial charge in [-0.25, -0.2) is 0 Å². The Labute approximate surface area is 96.9 Å². The van der Waals surface area contributed by atoms with Crippen LogP contribution in [-0.2, 0) is 14.2 Å². The van der Waals surface area contributed by atoms with Gasteiger partial charge in [0.15, 0.2) is 0 Å². The Morgan fingerprint density at radius 2 is 1.75 bits per heavy atom. The molecule has 0 rings (SSSR count). The number of methoxy groups -OCH3 is 1. The first kappa shape index (κ1) is 15.2. The number of nitrogens with one attached hydrogen (secondary N) is 1. The number of hydrogen-bond donors (Lipinski definition) is 3. The van der Waals surface area contributed by atoms with Gasteiger partial charge in [0.05, 0.1) is 39.6 Å². The lowest BCUT2D eigenvalue weighted by Crippen LogP contribution is -2.79. The molecule has 0 aliphatic heterocycles. The Balaban J connectivity index is 3.21. The molecule has 0 saturated carbocycles. The van der Waals surface area contributed by atoms with E-state index in [1.807, 2.05) is 0 Å². The van der Waals surface area contributed by atoms with E-state index >= 15 is 0 Å². The van der Waals surface area contributed by atoms with E-state index in [4.69, 9.17) is 25.7 Å². The molecule has 6 nitrogen and oxygen atoms in total. The highest BCUT2D eigenvalue weighted by atomic mass is 16.5. The first-order valence-electron chi connectivity index (χ1n) is 5.43. The van der Waals surface area contributed by atoms with Crippen molar-refractivity contribution >= 4 is 5.96 Å². The van der Waals surface area contributed by atoms with E-state index in [0.29, 0.717) is 45.5 Å². The molecule has 16 heavy (non-hydrogen) atoms. The third kappa shape index (κ3) is 11.2. The van der Waals surface area contributed by atoms with Gasteiger partial charge in [0.2, 0.25) is 0 Å². The van der Waals surface area contributed by atoms with Crippen LogP contribution >= 0.6 is 0 Å². The molecule has 96 valence electrons. The highest BCUT2D eigenvalue weighted by molar-refractivity contribution is 5.69. The lowest BCUT2D eigenvalue weighted by atomic mass is 10.2. The topological polar surface area (TPSA) is 93.7 Å². The predicted molar refractivity (Wildman–Crippen MR) is 61.9 cm³/mol. The molecule has 0 aliphatic carbocycles. The predicted octanol–water partition coefficient (Wildman–Crippen LogP) is -2.34. The van der Waals surface area contributed by atoms with Gasteiger partial charge in [0.25, 0.3) is 0 Å². The van der Waals surface area contributed by atoms with E-state index in [2.05, 4.69) is 11.9 Å². The van der Waals surface area contributed by atoms with Gasteiger partial charge in [0.1, 0.15) is 0 Å². The number of nitrogens with two attached hydrogens (primary N) is 2. The van der Waals surface area contributed by atoms with Crippen molar-refractivity contribution in [3.63, 3.8) is 0 Å². The zero-order valence-corrected chi connectivity index (χ0v) is 10.2. The minimum absolute atomic E-state index is 0.245. The van der Waals surface area contributed by atoms with Gasteiger partial charge in [-0.05, 0) is 0 Å². The smallest absolute Gasteiger partial charge is 0.338 e. The van der Waals surface area contributed by atoms with Crippen LogP contribution in [0, 0.1) is 5.92 Å². The van der Waals surface area contributed by atoms with E-state index in [9.17, 15) is 0 Å². The maximum Gasteiger partial charge on any atom is 0.338 e.